The third kappa shape index (κ3) is 4.85. The maximum Gasteiger partial charge on any atom is 0.310 e. The minimum Gasteiger partial charge on any atom is -0.466 e. The minimum absolute atomic E-state index is 0.0198. The number of nitrogens with zero attached hydrogens (tertiary/aromatic N) is 1. The van der Waals surface area contributed by atoms with E-state index < -0.39 is 0 Å². The Morgan fingerprint density at radius 1 is 1.27 bits per heavy atom. The van der Waals surface area contributed by atoms with Crippen molar-refractivity contribution in [3.05, 3.63) is 66.1 Å². The molecule has 0 radical (unpaired) electrons. The molecular formula is C22H27NO3. The van der Waals surface area contributed by atoms with Gasteiger partial charge in [0.1, 0.15) is 5.76 Å². The van der Waals surface area contributed by atoms with Crippen molar-refractivity contribution >= 4 is 11.5 Å². The molecule has 4 heteroatoms. The van der Waals surface area contributed by atoms with Crippen molar-refractivity contribution in [3.8, 4) is 0 Å². The van der Waals surface area contributed by atoms with E-state index in [4.69, 9.17) is 9.15 Å². The second-order valence-electron chi connectivity index (χ2n) is 6.64. The molecule has 1 aliphatic rings. The normalized spacial score (nSPS) is 18.7. The quantitative estimate of drug-likeness (QED) is 0.693. The highest BCUT2D eigenvalue weighted by molar-refractivity contribution is 5.77. The van der Waals surface area contributed by atoms with Gasteiger partial charge in [-0.1, -0.05) is 36.4 Å². The Morgan fingerprint density at radius 3 is 2.85 bits per heavy atom. The lowest BCUT2D eigenvalue weighted by molar-refractivity contribution is -0.149. The van der Waals surface area contributed by atoms with Gasteiger partial charge in [0.2, 0.25) is 0 Å². The van der Waals surface area contributed by atoms with E-state index in [1.165, 1.54) is 0 Å². The highest BCUT2D eigenvalue weighted by atomic mass is 16.5. The zero-order chi connectivity index (χ0) is 18.2. The third-order valence-electron chi connectivity index (χ3n) is 4.79. The van der Waals surface area contributed by atoms with Crippen molar-refractivity contribution in [2.45, 2.75) is 26.2 Å². The Hall–Kier alpha value is -2.33. The van der Waals surface area contributed by atoms with Crippen LogP contribution in [0.15, 0.2) is 59.2 Å². The van der Waals surface area contributed by atoms with Crippen LogP contribution < -0.4 is 0 Å². The third-order valence-corrected chi connectivity index (χ3v) is 4.79. The smallest absolute Gasteiger partial charge is 0.310 e. The minimum atomic E-state index is -0.0479. The molecule has 1 saturated heterocycles. The van der Waals surface area contributed by atoms with Crippen molar-refractivity contribution in [1.29, 1.82) is 0 Å². The van der Waals surface area contributed by atoms with Crippen molar-refractivity contribution in [2.24, 2.45) is 5.92 Å². The maximum absolute atomic E-state index is 12.0. The number of rotatable bonds is 7. The molecule has 26 heavy (non-hydrogen) atoms. The van der Waals surface area contributed by atoms with Crippen LogP contribution in [0.25, 0.3) is 5.57 Å². The molecule has 1 aliphatic heterocycles. The largest absolute Gasteiger partial charge is 0.466 e. The van der Waals surface area contributed by atoms with Crippen LogP contribution in [0, 0.1) is 5.92 Å². The lowest BCUT2D eigenvalue weighted by Gasteiger charge is -2.31. The van der Waals surface area contributed by atoms with Crippen molar-refractivity contribution in [3.63, 3.8) is 0 Å². The van der Waals surface area contributed by atoms with E-state index in [2.05, 4.69) is 23.1 Å². The van der Waals surface area contributed by atoms with Gasteiger partial charge in [0.05, 0.1) is 18.8 Å². The summed E-state index contributed by atoms with van der Waals surface area (Å²) in [6.45, 7) is 5.11. The number of piperidine rings is 1. The molecule has 0 saturated carbocycles. The van der Waals surface area contributed by atoms with E-state index in [1.807, 2.05) is 37.3 Å². The molecule has 2 aromatic rings. The predicted octanol–water partition coefficient (Wildman–Crippen LogP) is 4.38. The van der Waals surface area contributed by atoms with Crippen LogP contribution in [0.4, 0.5) is 0 Å². The van der Waals surface area contributed by atoms with Crippen LogP contribution in [0.2, 0.25) is 0 Å². The summed E-state index contributed by atoms with van der Waals surface area (Å²) in [5.41, 5.74) is 2.28. The van der Waals surface area contributed by atoms with E-state index in [0.717, 1.165) is 55.8 Å². The van der Waals surface area contributed by atoms with Gasteiger partial charge in [-0.15, -0.1) is 0 Å². The number of likely N-dealkylation sites (tertiary alicyclic amines) is 1. The summed E-state index contributed by atoms with van der Waals surface area (Å²) in [7, 11) is 0. The number of furan rings is 1. The molecule has 2 heterocycles. The lowest BCUT2D eigenvalue weighted by Crippen LogP contribution is -2.39. The van der Waals surface area contributed by atoms with Gasteiger partial charge in [0.15, 0.2) is 0 Å². The molecule has 1 fully saturated rings. The van der Waals surface area contributed by atoms with Gasteiger partial charge in [-0.3, -0.25) is 4.79 Å². The second kappa shape index (κ2) is 9.39. The summed E-state index contributed by atoms with van der Waals surface area (Å²) in [4.78, 5) is 14.4. The fourth-order valence-electron chi connectivity index (χ4n) is 3.51. The molecule has 1 aromatic carbocycles. The molecule has 0 N–H and O–H groups in total. The summed E-state index contributed by atoms with van der Waals surface area (Å²) >= 11 is 0. The van der Waals surface area contributed by atoms with Crippen LogP contribution in [0.3, 0.4) is 0 Å². The first-order chi connectivity index (χ1) is 12.8. The standard InChI is InChI=1S/C22H27NO3/c1-2-25-22(24)19-11-6-14-23(17-19)15-7-12-20(21-13-8-16-26-21)18-9-4-3-5-10-18/h3-5,8-10,12-13,16,19H,2,6-7,11,14-15,17H2,1H3. The van der Waals surface area contributed by atoms with Crippen LogP contribution in [0.1, 0.15) is 37.5 Å². The summed E-state index contributed by atoms with van der Waals surface area (Å²) in [5, 5.41) is 0. The van der Waals surface area contributed by atoms with E-state index in [-0.39, 0.29) is 11.9 Å². The van der Waals surface area contributed by atoms with Gasteiger partial charge >= 0.3 is 5.97 Å². The van der Waals surface area contributed by atoms with Gasteiger partial charge in [-0.25, -0.2) is 0 Å². The number of hydrogen-bond acceptors (Lipinski definition) is 4. The zero-order valence-electron chi connectivity index (χ0n) is 15.4. The Balaban J connectivity index is 1.63. The summed E-state index contributed by atoms with van der Waals surface area (Å²) < 4.78 is 10.8. The van der Waals surface area contributed by atoms with E-state index in [9.17, 15) is 4.79 Å². The van der Waals surface area contributed by atoms with Crippen LogP contribution in [-0.2, 0) is 9.53 Å². The topological polar surface area (TPSA) is 42.7 Å². The van der Waals surface area contributed by atoms with Crippen LogP contribution in [-0.4, -0.2) is 37.1 Å². The summed E-state index contributed by atoms with van der Waals surface area (Å²) in [6, 6.07) is 14.2. The van der Waals surface area contributed by atoms with Gasteiger partial charge in [-0.05, 0) is 50.4 Å². The van der Waals surface area contributed by atoms with Crippen molar-refractivity contribution < 1.29 is 13.9 Å². The first kappa shape index (κ1) is 18.5. The first-order valence-corrected chi connectivity index (χ1v) is 9.46. The van der Waals surface area contributed by atoms with Gasteiger partial charge < -0.3 is 14.1 Å². The van der Waals surface area contributed by atoms with Gasteiger partial charge in [0, 0.05) is 18.7 Å². The molecule has 1 atom stereocenters. The average Bonchev–Trinajstić information content (AvgIpc) is 3.21. The number of benzene rings is 1. The molecule has 0 amide bonds. The number of esters is 1. The first-order valence-electron chi connectivity index (χ1n) is 9.46. The SMILES string of the molecule is CCOC(=O)C1CCCN(CCC=C(c2ccccc2)c2ccco2)C1. The molecule has 3 rings (SSSR count). The molecule has 138 valence electrons. The Kier molecular flexibility index (Phi) is 6.67. The highest BCUT2D eigenvalue weighted by Crippen LogP contribution is 2.25. The number of carbonyl (C=O) groups is 1. The monoisotopic (exact) mass is 353 g/mol. The Morgan fingerprint density at radius 2 is 2.12 bits per heavy atom. The molecule has 1 aromatic heterocycles. The fraction of sp³-hybridized carbons (Fsp3) is 0.409. The van der Waals surface area contributed by atoms with E-state index >= 15 is 0 Å². The molecule has 0 bridgehead atoms. The van der Waals surface area contributed by atoms with Crippen LogP contribution >= 0.6 is 0 Å². The number of ether oxygens (including phenoxy) is 1. The number of hydrogen-bond donors (Lipinski definition) is 0. The summed E-state index contributed by atoms with van der Waals surface area (Å²) in [5.74, 6) is 0.860. The van der Waals surface area contributed by atoms with Crippen molar-refractivity contribution in [2.75, 3.05) is 26.2 Å². The second-order valence-corrected chi connectivity index (χ2v) is 6.64. The van der Waals surface area contributed by atoms with Gasteiger partial charge in [0.25, 0.3) is 0 Å². The van der Waals surface area contributed by atoms with Crippen LogP contribution in [0.5, 0.6) is 0 Å². The number of carbonyl (C=O) groups excluding carboxylic acids is 1. The average molecular weight is 353 g/mol. The van der Waals surface area contributed by atoms with E-state index in [0.29, 0.717) is 6.61 Å². The van der Waals surface area contributed by atoms with E-state index in [1.54, 1.807) is 6.26 Å². The molecule has 1 unspecified atom stereocenters. The molecule has 0 spiro atoms. The van der Waals surface area contributed by atoms with Crippen molar-refractivity contribution in [1.82, 2.24) is 4.90 Å². The molecule has 0 aliphatic carbocycles. The Bertz CT molecular complexity index is 706. The lowest BCUT2D eigenvalue weighted by atomic mass is 9.97. The zero-order valence-corrected chi connectivity index (χ0v) is 15.4. The molecule has 4 nitrogen and oxygen atoms in total. The highest BCUT2D eigenvalue weighted by Gasteiger charge is 2.26. The predicted molar refractivity (Wildman–Crippen MR) is 103 cm³/mol. The fourth-order valence-corrected chi connectivity index (χ4v) is 3.51. The maximum atomic E-state index is 12.0. The summed E-state index contributed by atoms with van der Waals surface area (Å²) in [6.07, 6.45) is 6.85. The molecular weight excluding hydrogens is 326 g/mol. The van der Waals surface area contributed by atoms with Gasteiger partial charge in [-0.2, -0.15) is 0 Å². The Labute approximate surface area is 155 Å².